The van der Waals surface area contributed by atoms with Crippen LogP contribution in [0.4, 0.5) is 0 Å². The summed E-state index contributed by atoms with van der Waals surface area (Å²) in [7, 11) is 0. The molecule has 2 heterocycles. The average Bonchev–Trinajstić information content (AvgIpc) is 3.01. The third-order valence-corrected chi connectivity index (χ3v) is 4.48. The third-order valence-electron chi connectivity index (χ3n) is 4.48. The van der Waals surface area contributed by atoms with Crippen molar-refractivity contribution in [3.8, 4) is 0 Å². The van der Waals surface area contributed by atoms with Gasteiger partial charge in [0.15, 0.2) is 5.78 Å². The minimum atomic E-state index is -0.846. The number of Topliss-reactive ketones (excluding diaryl/α,β-unsaturated/α-hetero) is 1. The molecule has 0 spiro atoms. The SMILES string of the molecule is C=CCn1c(=O)n(CC=C)c(=O)n(CC(=O)c2c(C)[nH]c3ccccc23)c1=O. The van der Waals surface area contributed by atoms with Crippen LogP contribution in [-0.2, 0) is 19.6 Å². The zero-order valence-electron chi connectivity index (χ0n) is 15.5. The zero-order valence-corrected chi connectivity index (χ0v) is 15.5. The van der Waals surface area contributed by atoms with Crippen molar-refractivity contribution in [3.05, 3.63) is 92.3 Å². The Kier molecular flexibility index (Phi) is 5.12. The summed E-state index contributed by atoms with van der Waals surface area (Å²) in [6, 6.07) is 7.28. The lowest BCUT2D eigenvalue weighted by atomic mass is 10.1. The molecular formula is C20H20N4O4. The van der Waals surface area contributed by atoms with Crippen LogP contribution in [0.3, 0.4) is 0 Å². The van der Waals surface area contributed by atoms with E-state index >= 15 is 0 Å². The van der Waals surface area contributed by atoms with Crippen molar-refractivity contribution in [3.63, 3.8) is 0 Å². The number of aryl methyl sites for hydroxylation is 1. The fourth-order valence-electron chi connectivity index (χ4n) is 3.25. The summed E-state index contributed by atoms with van der Waals surface area (Å²) in [5.74, 6) is -0.400. The Morgan fingerprint density at radius 2 is 1.50 bits per heavy atom. The summed E-state index contributed by atoms with van der Waals surface area (Å²) in [6.45, 7) is 8.18. The predicted molar refractivity (Wildman–Crippen MR) is 107 cm³/mol. The summed E-state index contributed by atoms with van der Waals surface area (Å²) in [4.78, 5) is 53.9. The van der Waals surface area contributed by atoms with Crippen LogP contribution in [0, 0.1) is 6.92 Å². The molecular weight excluding hydrogens is 360 g/mol. The van der Waals surface area contributed by atoms with Gasteiger partial charge in [-0.3, -0.25) is 4.79 Å². The number of rotatable bonds is 7. The molecule has 0 amide bonds. The number of nitrogens with one attached hydrogen (secondary N) is 1. The van der Waals surface area contributed by atoms with Gasteiger partial charge in [0.05, 0.1) is 19.6 Å². The Hall–Kier alpha value is -3.68. The molecule has 3 aromatic rings. The quantitative estimate of drug-likeness (QED) is 0.492. The first-order valence-corrected chi connectivity index (χ1v) is 8.67. The molecule has 0 saturated carbocycles. The van der Waals surface area contributed by atoms with Gasteiger partial charge in [0.1, 0.15) is 0 Å². The van der Waals surface area contributed by atoms with Crippen molar-refractivity contribution < 1.29 is 4.79 Å². The molecule has 2 aromatic heterocycles. The minimum absolute atomic E-state index is 0.0740. The van der Waals surface area contributed by atoms with Crippen molar-refractivity contribution in [2.75, 3.05) is 0 Å². The number of aromatic amines is 1. The second-order valence-electron chi connectivity index (χ2n) is 6.33. The van der Waals surface area contributed by atoms with Gasteiger partial charge >= 0.3 is 17.1 Å². The van der Waals surface area contributed by atoms with Crippen molar-refractivity contribution in [2.45, 2.75) is 26.6 Å². The highest BCUT2D eigenvalue weighted by Crippen LogP contribution is 2.22. The summed E-state index contributed by atoms with van der Waals surface area (Å²) in [6.07, 6.45) is 2.75. The predicted octanol–water partition coefficient (Wildman–Crippen LogP) is 1.22. The fraction of sp³-hybridized carbons (Fsp3) is 0.200. The maximum absolute atomic E-state index is 13.0. The Morgan fingerprint density at radius 3 is 2.07 bits per heavy atom. The number of hydrogen-bond donors (Lipinski definition) is 1. The number of ketones is 1. The molecule has 1 N–H and O–H groups in total. The van der Waals surface area contributed by atoms with Crippen LogP contribution in [0.25, 0.3) is 10.9 Å². The topological polar surface area (TPSA) is 98.9 Å². The zero-order chi connectivity index (χ0) is 20.4. The molecule has 0 bridgehead atoms. The molecule has 8 nitrogen and oxygen atoms in total. The van der Waals surface area contributed by atoms with Crippen LogP contribution in [0.2, 0.25) is 0 Å². The van der Waals surface area contributed by atoms with Gasteiger partial charge in [-0.2, -0.15) is 0 Å². The molecule has 0 aliphatic heterocycles. The lowest BCUT2D eigenvalue weighted by Gasteiger charge is -2.12. The molecule has 0 fully saturated rings. The van der Waals surface area contributed by atoms with Gasteiger partial charge in [-0.1, -0.05) is 30.4 Å². The Balaban J connectivity index is 2.17. The third kappa shape index (κ3) is 3.09. The number of hydrogen-bond acceptors (Lipinski definition) is 4. The Labute approximate surface area is 159 Å². The summed E-state index contributed by atoms with van der Waals surface area (Å²) < 4.78 is 2.51. The minimum Gasteiger partial charge on any atom is -0.358 e. The van der Waals surface area contributed by atoms with Crippen LogP contribution >= 0.6 is 0 Å². The number of para-hydroxylation sites is 1. The van der Waals surface area contributed by atoms with Crippen molar-refractivity contribution in [1.82, 2.24) is 18.7 Å². The Morgan fingerprint density at radius 1 is 0.964 bits per heavy atom. The molecule has 0 aliphatic carbocycles. The molecule has 144 valence electrons. The molecule has 0 radical (unpaired) electrons. The second-order valence-corrected chi connectivity index (χ2v) is 6.33. The normalized spacial score (nSPS) is 10.9. The number of aromatic nitrogens is 4. The van der Waals surface area contributed by atoms with Crippen LogP contribution in [0.1, 0.15) is 16.1 Å². The van der Waals surface area contributed by atoms with Crippen molar-refractivity contribution in [1.29, 1.82) is 0 Å². The lowest BCUT2D eigenvalue weighted by molar-refractivity contribution is 0.0968. The molecule has 0 saturated heterocycles. The summed E-state index contributed by atoms with van der Waals surface area (Å²) >= 11 is 0. The van der Waals surface area contributed by atoms with E-state index in [-0.39, 0.29) is 13.1 Å². The second kappa shape index (κ2) is 7.51. The number of nitrogens with zero attached hydrogens (tertiary/aromatic N) is 3. The number of allylic oxidation sites excluding steroid dienone is 2. The van der Waals surface area contributed by atoms with E-state index in [1.165, 1.54) is 12.2 Å². The number of benzene rings is 1. The van der Waals surface area contributed by atoms with Crippen LogP contribution in [-0.4, -0.2) is 24.5 Å². The largest absolute Gasteiger partial charge is 0.358 e. The molecule has 28 heavy (non-hydrogen) atoms. The van der Waals surface area contributed by atoms with E-state index in [2.05, 4.69) is 18.1 Å². The van der Waals surface area contributed by atoms with Gasteiger partial charge in [0.2, 0.25) is 0 Å². The van der Waals surface area contributed by atoms with Gasteiger partial charge in [-0.05, 0) is 13.0 Å². The van der Waals surface area contributed by atoms with E-state index in [1.54, 1.807) is 19.1 Å². The highest BCUT2D eigenvalue weighted by atomic mass is 16.2. The van der Waals surface area contributed by atoms with E-state index in [9.17, 15) is 19.2 Å². The molecule has 1 aromatic carbocycles. The van der Waals surface area contributed by atoms with E-state index in [0.717, 1.165) is 19.2 Å². The molecule has 8 heteroatoms. The highest BCUT2D eigenvalue weighted by Gasteiger charge is 2.20. The van der Waals surface area contributed by atoms with E-state index < -0.39 is 29.4 Å². The van der Waals surface area contributed by atoms with E-state index in [4.69, 9.17) is 0 Å². The first kappa shape index (κ1) is 19.1. The smallest absolute Gasteiger partial charge is 0.337 e. The number of carbonyl (C=O) groups excluding carboxylic acids is 1. The molecule has 0 aliphatic rings. The Bertz CT molecular complexity index is 1220. The van der Waals surface area contributed by atoms with Gasteiger partial charge in [0, 0.05) is 22.2 Å². The van der Waals surface area contributed by atoms with Crippen LogP contribution < -0.4 is 17.1 Å². The lowest BCUT2D eigenvalue weighted by Crippen LogP contribution is -2.55. The first-order valence-electron chi connectivity index (χ1n) is 8.67. The molecule has 3 rings (SSSR count). The van der Waals surface area contributed by atoms with Gasteiger partial charge in [0.25, 0.3) is 0 Å². The monoisotopic (exact) mass is 380 g/mol. The van der Waals surface area contributed by atoms with Gasteiger partial charge in [-0.25, -0.2) is 28.1 Å². The van der Waals surface area contributed by atoms with Crippen LogP contribution in [0.15, 0.2) is 64.0 Å². The highest BCUT2D eigenvalue weighted by molar-refractivity contribution is 6.09. The first-order chi connectivity index (χ1) is 13.4. The summed E-state index contributed by atoms with van der Waals surface area (Å²) in [5, 5.41) is 0.712. The standard InChI is InChI=1S/C20H20N4O4/c1-4-10-22-18(26)23(11-5-2)20(28)24(19(22)27)12-16(25)17-13(3)21-15-9-7-6-8-14(15)17/h4-9,21H,1-2,10-12H2,3H3. The maximum Gasteiger partial charge on any atom is 0.337 e. The van der Waals surface area contributed by atoms with Crippen molar-refractivity contribution in [2.24, 2.45) is 0 Å². The van der Waals surface area contributed by atoms with Gasteiger partial charge in [-0.15, -0.1) is 13.2 Å². The molecule has 0 unspecified atom stereocenters. The average molecular weight is 380 g/mol. The fourth-order valence-corrected chi connectivity index (χ4v) is 3.25. The maximum atomic E-state index is 13.0. The van der Waals surface area contributed by atoms with E-state index in [1.807, 2.05) is 12.1 Å². The van der Waals surface area contributed by atoms with E-state index in [0.29, 0.717) is 16.6 Å². The summed E-state index contributed by atoms with van der Waals surface area (Å²) in [5.41, 5.74) is -0.607. The number of carbonyl (C=O) groups is 1. The van der Waals surface area contributed by atoms with Crippen LogP contribution in [0.5, 0.6) is 0 Å². The molecule has 0 atom stereocenters. The van der Waals surface area contributed by atoms with Gasteiger partial charge < -0.3 is 4.98 Å². The van der Waals surface area contributed by atoms with Crippen molar-refractivity contribution >= 4 is 16.7 Å². The number of H-pyrrole nitrogens is 1. The number of fused-ring (bicyclic) bond motifs is 1.